The average Bonchev–Trinajstić information content (AvgIpc) is 2.15. The van der Waals surface area contributed by atoms with Gasteiger partial charge < -0.3 is 10.4 Å². The third-order valence-corrected chi connectivity index (χ3v) is 1.91. The van der Waals surface area contributed by atoms with Crippen molar-refractivity contribution in [2.75, 3.05) is 13.1 Å². The van der Waals surface area contributed by atoms with Crippen LogP contribution in [0.25, 0.3) is 0 Å². The van der Waals surface area contributed by atoms with Crippen LogP contribution < -0.4 is 9.88 Å². The third-order valence-electron chi connectivity index (χ3n) is 1.91. The van der Waals surface area contributed by atoms with Crippen molar-refractivity contribution >= 4 is 5.97 Å². The summed E-state index contributed by atoms with van der Waals surface area (Å²) in [5.41, 5.74) is 1.21. The maximum Gasteiger partial charge on any atom is 0.317 e. The predicted molar refractivity (Wildman–Crippen MR) is 51.8 cm³/mol. The highest BCUT2D eigenvalue weighted by Gasteiger charge is 1.97. The number of aliphatic carboxylic acids is 1. The SMILES string of the molecule is C[n+]1ccc(CCNCC(=O)O)cc1. The monoisotopic (exact) mass is 195 g/mol. The van der Waals surface area contributed by atoms with Crippen LogP contribution in [0.1, 0.15) is 5.56 Å². The van der Waals surface area contributed by atoms with Gasteiger partial charge in [-0.2, -0.15) is 0 Å². The molecule has 1 aromatic heterocycles. The fourth-order valence-corrected chi connectivity index (χ4v) is 1.13. The van der Waals surface area contributed by atoms with Gasteiger partial charge in [-0.3, -0.25) is 4.79 Å². The molecule has 76 valence electrons. The molecule has 0 aromatic carbocycles. The number of aromatic nitrogens is 1. The molecule has 0 unspecified atom stereocenters. The van der Waals surface area contributed by atoms with Gasteiger partial charge in [-0.15, -0.1) is 0 Å². The van der Waals surface area contributed by atoms with E-state index in [-0.39, 0.29) is 6.54 Å². The number of rotatable bonds is 5. The van der Waals surface area contributed by atoms with Crippen LogP contribution in [0.5, 0.6) is 0 Å². The number of hydrogen-bond donors (Lipinski definition) is 2. The fraction of sp³-hybridized carbons (Fsp3) is 0.400. The highest BCUT2D eigenvalue weighted by molar-refractivity contribution is 5.68. The predicted octanol–water partition coefficient (Wildman–Crippen LogP) is -0.272. The van der Waals surface area contributed by atoms with E-state index in [2.05, 4.69) is 5.32 Å². The first kappa shape index (κ1) is 10.7. The molecule has 1 heterocycles. The zero-order valence-corrected chi connectivity index (χ0v) is 8.23. The van der Waals surface area contributed by atoms with Gasteiger partial charge in [-0.25, -0.2) is 4.57 Å². The van der Waals surface area contributed by atoms with E-state index in [4.69, 9.17) is 5.11 Å². The Morgan fingerprint density at radius 1 is 1.50 bits per heavy atom. The molecule has 0 spiro atoms. The van der Waals surface area contributed by atoms with E-state index in [1.54, 1.807) is 0 Å². The zero-order chi connectivity index (χ0) is 10.4. The highest BCUT2D eigenvalue weighted by Crippen LogP contribution is 1.94. The smallest absolute Gasteiger partial charge is 0.317 e. The molecule has 1 rings (SSSR count). The Morgan fingerprint density at radius 2 is 2.14 bits per heavy atom. The van der Waals surface area contributed by atoms with Crippen molar-refractivity contribution in [2.45, 2.75) is 6.42 Å². The third kappa shape index (κ3) is 4.00. The summed E-state index contributed by atoms with van der Waals surface area (Å²) in [7, 11) is 1.96. The number of nitrogens with one attached hydrogen (secondary N) is 1. The second-order valence-corrected chi connectivity index (χ2v) is 3.19. The molecule has 4 nitrogen and oxygen atoms in total. The number of carboxylic acid groups (broad SMARTS) is 1. The molecule has 4 heteroatoms. The largest absolute Gasteiger partial charge is 0.480 e. The number of pyridine rings is 1. The van der Waals surface area contributed by atoms with Gasteiger partial charge >= 0.3 is 5.97 Å². The minimum atomic E-state index is -0.815. The normalized spacial score (nSPS) is 10.1. The minimum Gasteiger partial charge on any atom is -0.480 e. The van der Waals surface area contributed by atoms with E-state index in [0.717, 1.165) is 6.42 Å². The molecule has 2 N–H and O–H groups in total. The van der Waals surface area contributed by atoms with Gasteiger partial charge in [0.05, 0.1) is 6.54 Å². The van der Waals surface area contributed by atoms with Crippen molar-refractivity contribution in [2.24, 2.45) is 7.05 Å². The minimum absolute atomic E-state index is 0.0284. The van der Waals surface area contributed by atoms with Crippen molar-refractivity contribution in [3.05, 3.63) is 30.1 Å². The number of nitrogens with zero attached hydrogens (tertiary/aromatic N) is 1. The van der Waals surface area contributed by atoms with Crippen LogP contribution in [0.3, 0.4) is 0 Å². The average molecular weight is 195 g/mol. The van der Waals surface area contributed by atoms with Crippen LogP contribution in [0.15, 0.2) is 24.5 Å². The summed E-state index contributed by atoms with van der Waals surface area (Å²) in [6, 6.07) is 4.06. The Hall–Kier alpha value is -1.42. The lowest BCUT2D eigenvalue weighted by atomic mass is 10.2. The van der Waals surface area contributed by atoms with E-state index in [9.17, 15) is 4.79 Å². The van der Waals surface area contributed by atoms with Gasteiger partial charge in [0.15, 0.2) is 12.4 Å². The zero-order valence-electron chi connectivity index (χ0n) is 8.23. The first-order chi connectivity index (χ1) is 6.68. The summed E-state index contributed by atoms with van der Waals surface area (Å²) in [5, 5.41) is 11.2. The summed E-state index contributed by atoms with van der Waals surface area (Å²) in [5.74, 6) is -0.815. The van der Waals surface area contributed by atoms with Crippen LogP contribution in [0.4, 0.5) is 0 Å². The van der Waals surface area contributed by atoms with Crippen LogP contribution in [-0.4, -0.2) is 24.2 Å². The molecule has 0 fully saturated rings. The topological polar surface area (TPSA) is 53.2 Å². The van der Waals surface area contributed by atoms with E-state index < -0.39 is 5.97 Å². The maximum absolute atomic E-state index is 10.2. The summed E-state index contributed by atoms with van der Waals surface area (Å²) in [6.45, 7) is 0.723. The molecule has 0 amide bonds. The molecule has 0 bridgehead atoms. The Balaban J connectivity index is 2.25. The van der Waals surface area contributed by atoms with Crippen molar-refractivity contribution in [3.8, 4) is 0 Å². The summed E-state index contributed by atoms with van der Waals surface area (Å²) in [6.07, 6.45) is 4.81. The number of carbonyl (C=O) groups is 1. The Kier molecular flexibility index (Phi) is 4.07. The molecule has 14 heavy (non-hydrogen) atoms. The maximum atomic E-state index is 10.2. The number of hydrogen-bond acceptors (Lipinski definition) is 2. The molecule has 0 saturated carbocycles. The Morgan fingerprint density at radius 3 is 2.71 bits per heavy atom. The van der Waals surface area contributed by atoms with Crippen molar-refractivity contribution < 1.29 is 14.5 Å². The van der Waals surface area contributed by atoms with E-state index >= 15 is 0 Å². The van der Waals surface area contributed by atoms with Crippen LogP contribution >= 0.6 is 0 Å². The molecule has 0 aliphatic heterocycles. The Bertz CT molecular complexity index is 295. The molecule has 0 aliphatic carbocycles. The summed E-state index contributed by atoms with van der Waals surface area (Å²) < 4.78 is 1.97. The van der Waals surface area contributed by atoms with Gasteiger partial charge in [-0.1, -0.05) is 0 Å². The highest BCUT2D eigenvalue weighted by atomic mass is 16.4. The van der Waals surface area contributed by atoms with E-state index in [1.165, 1.54) is 5.56 Å². The second-order valence-electron chi connectivity index (χ2n) is 3.19. The standard InChI is InChI=1S/C10H14N2O2/c1-12-6-3-9(4-7-12)2-5-11-8-10(13)14/h3-4,6-7,11H,2,5,8H2,1H3/p+1. The fourth-order valence-electron chi connectivity index (χ4n) is 1.13. The van der Waals surface area contributed by atoms with Crippen molar-refractivity contribution in [1.82, 2.24) is 5.32 Å². The molecule has 1 aromatic rings. The molecule has 0 radical (unpaired) electrons. The van der Waals surface area contributed by atoms with Gasteiger partial charge in [0.2, 0.25) is 0 Å². The van der Waals surface area contributed by atoms with Gasteiger partial charge in [0, 0.05) is 12.1 Å². The first-order valence-electron chi connectivity index (χ1n) is 4.55. The van der Waals surface area contributed by atoms with Crippen LogP contribution in [-0.2, 0) is 18.3 Å². The number of carboxylic acids is 1. The molecule has 0 aliphatic rings. The molecule has 0 atom stereocenters. The van der Waals surface area contributed by atoms with Gasteiger partial charge in [-0.05, 0) is 18.5 Å². The molecule has 0 saturated heterocycles. The van der Waals surface area contributed by atoms with Gasteiger partial charge in [0.25, 0.3) is 0 Å². The summed E-state index contributed by atoms with van der Waals surface area (Å²) in [4.78, 5) is 10.2. The molecular weight excluding hydrogens is 180 g/mol. The van der Waals surface area contributed by atoms with Crippen LogP contribution in [0, 0.1) is 0 Å². The lowest BCUT2D eigenvalue weighted by molar-refractivity contribution is -0.671. The lowest BCUT2D eigenvalue weighted by Gasteiger charge is -2.00. The first-order valence-corrected chi connectivity index (χ1v) is 4.55. The Labute approximate surface area is 83.2 Å². The second kappa shape index (κ2) is 5.34. The van der Waals surface area contributed by atoms with Crippen molar-refractivity contribution in [1.29, 1.82) is 0 Å². The summed E-state index contributed by atoms with van der Waals surface area (Å²) >= 11 is 0. The van der Waals surface area contributed by atoms with Crippen LogP contribution in [0.2, 0.25) is 0 Å². The number of aryl methyl sites for hydroxylation is 1. The van der Waals surface area contributed by atoms with Crippen molar-refractivity contribution in [3.63, 3.8) is 0 Å². The quantitative estimate of drug-likeness (QED) is 0.502. The lowest BCUT2D eigenvalue weighted by Crippen LogP contribution is -2.27. The van der Waals surface area contributed by atoms with Gasteiger partial charge in [0.1, 0.15) is 7.05 Å². The molecular formula is C10H15N2O2+. The van der Waals surface area contributed by atoms with E-state index in [0.29, 0.717) is 6.54 Å². The van der Waals surface area contributed by atoms with E-state index in [1.807, 2.05) is 36.1 Å².